The Bertz CT molecular complexity index is 3690. The fraction of sp³-hybridized carbons (Fsp3) is 0.537. The third kappa shape index (κ3) is 17.2. The average Bonchev–Trinajstić information content (AvgIpc) is 1.75. The second-order valence-corrected chi connectivity index (χ2v) is 26.3. The number of aliphatic hydroxyl groups is 12. The molecule has 0 aliphatic carbocycles. The number of fused-ring (bicyclic) bond motifs is 1. The molecular formula is C67H87N13O25. The van der Waals surface area contributed by atoms with Crippen molar-refractivity contribution in [2.75, 3.05) is 46.1 Å². The summed E-state index contributed by atoms with van der Waals surface area (Å²) in [5.41, 5.74) is 3.02. The van der Waals surface area contributed by atoms with E-state index in [0.29, 0.717) is 11.1 Å². The van der Waals surface area contributed by atoms with Crippen LogP contribution in [0.2, 0.25) is 0 Å². The van der Waals surface area contributed by atoms with Crippen LogP contribution in [-0.4, -0.2) is 311 Å². The highest BCUT2D eigenvalue weighted by Crippen LogP contribution is 2.38. The highest BCUT2D eigenvalue weighted by molar-refractivity contribution is 5.98. The third-order valence-corrected chi connectivity index (χ3v) is 19.5. The SMILES string of the molecule is CCC(c1ccccc1)C1NC(=O)CNC(=O)C(CO)NC(=O)C(C(O)C2CNC(=N)N2C2OC(CO)C(O)C(O)C2O)NC(=O)C(C(O)C2CNC(=N)N2)NC(=O)C(Cc2ccc(OC3OC(CO)C(OC4OC5COC(c6cccc(-c7cccnc7)c6)OC5C(O)C4O)C(O)C3O)cc2)NC1=O. The Kier molecular flexibility index (Phi) is 25.2. The first kappa shape index (κ1) is 77.4. The maximum Gasteiger partial charge on any atom is 0.246 e. The van der Waals surface area contributed by atoms with Crippen molar-refractivity contribution in [1.82, 2.24) is 57.7 Å². The van der Waals surface area contributed by atoms with Crippen LogP contribution in [0.15, 0.2) is 103 Å². The fourth-order valence-corrected chi connectivity index (χ4v) is 13.7. The molecule has 7 saturated heterocycles. The lowest BCUT2D eigenvalue weighted by atomic mass is 9.88. The van der Waals surface area contributed by atoms with Crippen LogP contribution in [0.4, 0.5) is 0 Å². The Morgan fingerprint density at radius 2 is 1.29 bits per heavy atom. The van der Waals surface area contributed by atoms with Gasteiger partial charge in [0, 0.05) is 43.4 Å². The zero-order valence-corrected chi connectivity index (χ0v) is 56.3. The van der Waals surface area contributed by atoms with Crippen molar-refractivity contribution in [3.05, 3.63) is 120 Å². The predicted octanol–water partition coefficient (Wildman–Crippen LogP) is -8.98. The van der Waals surface area contributed by atoms with Gasteiger partial charge in [-0.25, -0.2) is 0 Å². The normalized spacial score (nSPS) is 35.4. The van der Waals surface area contributed by atoms with E-state index >= 15 is 14.4 Å². The molecule has 26 atom stereocenters. The number of pyridine rings is 1. The quantitative estimate of drug-likeness (QED) is 0.0414. The zero-order valence-electron chi connectivity index (χ0n) is 56.3. The summed E-state index contributed by atoms with van der Waals surface area (Å²) < 4.78 is 41.8. The number of rotatable bonds is 19. The van der Waals surface area contributed by atoms with Gasteiger partial charge in [0.05, 0.1) is 45.1 Å². The second kappa shape index (κ2) is 34.2. The van der Waals surface area contributed by atoms with Gasteiger partial charge in [-0.3, -0.25) is 44.6 Å². The minimum Gasteiger partial charge on any atom is -0.462 e. The summed E-state index contributed by atoms with van der Waals surface area (Å²) in [7, 11) is 0. The summed E-state index contributed by atoms with van der Waals surface area (Å²) in [6, 6.07) is 12.0. The maximum absolute atomic E-state index is 15.3. The topological polar surface area (TPSA) is 582 Å². The maximum atomic E-state index is 15.3. The summed E-state index contributed by atoms with van der Waals surface area (Å²) in [6.07, 6.45) is -27.7. The van der Waals surface area contributed by atoms with Gasteiger partial charge < -0.3 is 147 Å². The van der Waals surface area contributed by atoms with Crippen LogP contribution < -0.4 is 52.6 Å². The van der Waals surface area contributed by atoms with E-state index in [-0.39, 0.29) is 36.8 Å². The van der Waals surface area contributed by atoms with Crippen molar-refractivity contribution in [2.24, 2.45) is 0 Å². The Hall–Kier alpha value is -8.75. The van der Waals surface area contributed by atoms with Crippen LogP contribution in [0, 0.1) is 10.8 Å². The molecule has 8 heterocycles. The molecule has 0 saturated carbocycles. The van der Waals surface area contributed by atoms with Gasteiger partial charge >= 0.3 is 0 Å². The largest absolute Gasteiger partial charge is 0.462 e. The van der Waals surface area contributed by atoms with Crippen LogP contribution in [0.5, 0.6) is 5.75 Å². The molecule has 0 radical (unpaired) electrons. The fourth-order valence-electron chi connectivity index (χ4n) is 13.7. The molecule has 570 valence electrons. The second-order valence-electron chi connectivity index (χ2n) is 26.3. The smallest absolute Gasteiger partial charge is 0.246 e. The number of guanidine groups is 2. The summed E-state index contributed by atoms with van der Waals surface area (Å²) in [4.78, 5) is 93.1. The summed E-state index contributed by atoms with van der Waals surface area (Å²) in [5, 5.41) is 173. The molecule has 38 heteroatoms. The molecule has 0 bridgehead atoms. The van der Waals surface area contributed by atoms with E-state index < -0.39 is 239 Å². The van der Waals surface area contributed by atoms with Gasteiger partial charge in [-0.15, -0.1) is 0 Å². The van der Waals surface area contributed by atoms with Crippen LogP contribution in [0.25, 0.3) is 11.1 Å². The van der Waals surface area contributed by atoms with Crippen molar-refractivity contribution < 1.29 is 123 Å². The highest BCUT2D eigenvalue weighted by Gasteiger charge is 2.56. The number of nitrogens with zero attached hydrogens (tertiary/aromatic N) is 2. The van der Waals surface area contributed by atoms with Crippen molar-refractivity contribution >= 4 is 47.4 Å². The van der Waals surface area contributed by atoms with E-state index in [1.807, 2.05) is 18.2 Å². The first-order valence-corrected chi connectivity index (χ1v) is 34.0. The number of carbonyl (C=O) groups is 6. The Balaban J connectivity index is 0.837. The molecule has 1 aromatic heterocycles. The van der Waals surface area contributed by atoms with Gasteiger partial charge in [0.25, 0.3) is 0 Å². The minimum absolute atomic E-state index is 0.0527. The van der Waals surface area contributed by atoms with E-state index in [2.05, 4.69) is 52.8 Å². The first-order chi connectivity index (χ1) is 50.4. The van der Waals surface area contributed by atoms with Gasteiger partial charge in [-0.05, 0) is 52.9 Å². The van der Waals surface area contributed by atoms with Crippen molar-refractivity contribution in [3.8, 4) is 16.9 Å². The molecule has 4 aromatic rings. The molecule has 7 aliphatic rings. The number of ether oxygens (including phenoxy) is 7. The summed E-state index contributed by atoms with van der Waals surface area (Å²) in [6.45, 7) is -3.02. The van der Waals surface area contributed by atoms with Gasteiger partial charge in [0.2, 0.25) is 41.7 Å². The van der Waals surface area contributed by atoms with Crippen molar-refractivity contribution in [1.29, 1.82) is 10.8 Å². The summed E-state index contributed by atoms with van der Waals surface area (Å²) in [5.74, 6) is -9.15. The number of hydrogen-bond donors (Lipinski definition) is 23. The summed E-state index contributed by atoms with van der Waals surface area (Å²) >= 11 is 0. The van der Waals surface area contributed by atoms with E-state index in [1.165, 1.54) is 24.3 Å². The third-order valence-electron chi connectivity index (χ3n) is 19.5. The molecule has 23 N–H and O–H groups in total. The van der Waals surface area contributed by atoms with Crippen LogP contribution >= 0.6 is 0 Å². The Morgan fingerprint density at radius 1 is 0.600 bits per heavy atom. The van der Waals surface area contributed by atoms with E-state index in [9.17, 15) is 75.7 Å². The molecular weight excluding hydrogens is 1390 g/mol. The van der Waals surface area contributed by atoms with Crippen LogP contribution in [0.3, 0.4) is 0 Å². The number of aliphatic hydroxyl groups excluding tert-OH is 12. The van der Waals surface area contributed by atoms with E-state index in [0.717, 1.165) is 16.0 Å². The van der Waals surface area contributed by atoms with Crippen molar-refractivity contribution in [2.45, 2.75) is 179 Å². The van der Waals surface area contributed by atoms with Gasteiger partial charge in [0.1, 0.15) is 121 Å². The van der Waals surface area contributed by atoms with E-state index in [4.69, 9.17) is 44.0 Å². The predicted molar refractivity (Wildman–Crippen MR) is 356 cm³/mol. The molecule has 3 aromatic carbocycles. The van der Waals surface area contributed by atoms with Crippen molar-refractivity contribution in [3.63, 3.8) is 0 Å². The van der Waals surface area contributed by atoms with Gasteiger partial charge in [0.15, 0.2) is 30.7 Å². The molecule has 38 nitrogen and oxygen atoms in total. The lowest BCUT2D eigenvalue weighted by Crippen LogP contribution is -2.69. The number of benzene rings is 3. The zero-order chi connectivity index (χ0) is 75.1. The number of amides is 6. The number of aromatic nitrogens is 1. The molecule has 0 spiro atoms. The Morgan fingerprint density at radius 3 is 1.97 bits per heavy atom. The molecule has 26 unspecified atom stereocenters. The number of nitrogens with one attached hydrogen (secondary N) is 11. The van der Waals surface area contributed by atoms with E-state index in [1.54, 1.807) is 67.8 Å². The monoisotopic (exact) mass is 1470 g/mol. The Labute approximate surface area is 598 Å². The highest BCUT2D eigenvalue weighted by atomic mass is 16.8. The standard InChI is InChI=1S/C67H87N13O25/c1-2-34(29-8-4-3-5-9-29)43-59(96)74-35(18-28-13-15-33(16-14-28)100-64-53(92)50(89)55(40(26-83)102-64)105-65-54(93)51(90)56-41(103-65)27-99-63(104-56)31-11-6-10-30(19-31)32-12-7-17-70-20-32)58(95)78-44(46(85)36-21-72-66(68)76-36)61(98)79-45(60(97)75-37(24-81)57(94)71-23-42(84)77-43)47(86)38-22-73-67(69)80(38)62-52(91)49(88)48(87)39(25-82)101-62/h3-17,19-20,34-41,43-56,62-65,81-83,85-93H,2,18,21-27H2,1H3,(H2,69,73)(H,71,94)(H,74,96)(H,75,97)(H,77,84)(H,78,95)(H,79,98)(H3,68,72,76). The average molecular weight is 1470 g/mol. The van der Waals surface area contributed by atoms with Crippen LogP contribution in [0.1, 0.15) is 42.2 Å². The molecule has 7 aliphatic heterocycles. The number of hydrogen-bond acceptors (Lipinski definition) is 28. The first-order valence-electron chi connectivity index (χ1n) is 34.0. The van der Waals surface area contributed by atoms with Gasteiger partial charge in [-0.2, -0.15) is 0 Å². The molecule has 105 heavy (non-hydrogen) atoms. The van der Waals surface area contributed by atoms with Crippen LogP contribution in [-0.2, 0) is 63.6 Å². The van der Waals surface area contributed by atoms with Gasteiger partial charge in [-0.1, -0.05) is 73.7 Å². The molecule has 7 fully saturated rings. The lowest BCUT2D eigenvalue weighted by molar-refractivity contribution is -0.383. The molecule has 6 amide bonds. The number of carbonyl (C=O) groups excluding carboxylic acids is 6. The lowest BCUT2D eigenvalue weighted by Gasteiger charge is -2.48. The minimum atomic E-state index is -2.36. The molecule has 11 rings (SSSR count).